The summed E-state index contributed by atoms with van der Waals surface area (Å²) >= 11 is 0. The van der Waals surface area contributed by atoms with Crippen molar-refractivity contribution in [3.63, 3.8) is 0 Å². The van der Waals surface area contributed by atoms with Crippen LogP contribution >= 0.6 is 0 Å². The number of hydrogen-bond donors (Lipinski definition) is 4. The van der Waals surface area contributed by atoms with Crippen molar-refractivity contribution in [2.45, 2.75) is 45.4 Å². The fourth-order valence-electron chi connectivity index (χ4n) is 3.23. The van der Waals surface area contributed by atoms with Crippen LogP contribution in [0.4, 0.5) is 14.4 Å². The van der Waals surface area contributed by atoms with Crippen LogP contribution in [0.25, 0.3) is 0 Å². The number of nitrogens with zero attached hydrogens (tertiary/aromatic N) is 4. The van der Waals surface area contributed by atoms with E-state index >= 15 is 0 Å². The minimum Gasteiger partial charge on any atom is -0.465 e. The van der Waals surface area contributed by atoms with E-state index in [-0.39, 0.29) is 59.0 Å². The van der Waals surface area contributed by atoms with E-state index in [0.29, 0.717) is 0 Å². The van der Waals surface area contributed by atoms with Crippen molar-refractivity contribution in [2.75, 3.05) is 59.0 Å². The third-order valence-electron chi connectivity index (χ3n) is 4.96. The Morgan fingerprint density at radius 1 is 0.903 bits per heavy atom. The minimum absolute atomic E-state index is 0.0368. The minimum atomic E-state index is -1.23. The van der Waals surface area contributed by atoms with Gasteiger partial charge in [0.15, 0.2) is 0 Å². The molecular formula is C19H36N4O8. The van der Waals surface area contributed by atoms with Gasteiger partial charge >= 0.3 is 18.3 Å². The third-order valence-corrected chi connectivity index (χ3v) is 4.96. The molecule has 0 radical (unpaired) electrons. The Kier molecular flexibility index (Phi) is 10.3. The molecular weight excluding hydrogens is 412 g/mol. The topological polar surface area (TPSA) is 154 Å². The van der Waals surface area contributed by atoms with Gasteiger partial charge in [0.1, 0.15) is 0 Å². The largest absolute Gasteiger partial charge is 0.465 e. The highest BCUT2D eigenvalue weighted by molar-refractivity contribution is 5.67. The van der Waals surface area contributed by atoms with Gasteiger partial charge in [-0.15, -0.1) is 0 Å². The standard InChI is InChI=1S/C19H36N4O8/c1-14-11-22(17(27)28)9-8-21(16(25)26)7-5-20(6-10-23(14)18(29)30)12-15(24)13-31-19(2,3)4/h14-15,24H,5-13H2,1-4H3,(H,25,26)(H,27,28)(H,29,30). The van der Waals surface area contributed by atoms with E-state index in [0.717, 1.165) is 14.7 Å². The summed E-state index contributed by atoms with van der Waals surface area (Å²) in [6, 6.07) is -0.623. The Bertz CT molecular complexity index is 612. The molecule has 4 N–H and O–H groups in total. The first-order valence-corrected chi connectivity index (χ1v) is 10.3. The second-order valence-electron chi connectivity index (χ2n) is 8.70. The van der Waals surface area contributed by atoms with Crippen LogP contribution in [-0.2, 0) is 4.74 Å². The average molecular weight is 449 g/mol. The summed E-state index contributed by atoms with van der Waals surface area (Å²) in [6.45, 7) is 8.01. The maximum Gasteiger partial charge on any atom is 0.407 e. The molecule has 2 atom stereocenters. The maximum atomic E-state index is 11.7. The quantitative estimate of drug-likeness (QED) is 0.489. The van der Waals surface area contributed by atoms with Gasteiger partial charge in [0.25, 0.3) is 0 Å². The number of carboxylic acid groups (broad SMARTS) is 3. The molecule has 0 saturated carbocycles. The van der Waals surface area contributed by atoms with E-state index in [2.05, 4.69) is 0 Å². The lowest BCUT2D eigenvalue weighted by Crippen LogP contribution is -2.53. The summed E-state index contributed by atoms with van der Waals surface area (Å²) in [5, 5.41) is 38.8. The molecule has 0 bridgehead atoms. The van der Waals surface area contributed by atoms with E-state index < -0.39 is 36.0 Å². The van der Waals surface area contributed by atoms with E-state index in [1.807, 2.05) is 20.8 Å². The first-order chi connectivity index (χ1) is 14.3. The number of aliphatic hydroxyl groups is 1. The molecule has 1 fully saturated rings. The molecule has 1 aliphatic heterocycles. The fraction of sp³-hybridized carbons (Fsp3) is 0.842. The van der Waals surface area contributed by atoms with Crippen LogP contribution in [0.3, 0.4) is 0 Å². The van der Waals surface area contributed by atoms with Gasteiger partial charge in [-0.25, -0.2) is 14.4 Å². The van der Waals surface area contributed by atoms with E-state index in [4.69, 9.17) is 4.74 Å². The predicted molar refractivity (Wildman–Crippen MR) is 112 cm³/mol. The van der Waals surface area contributed by atoms with Crippen LogP contribution in [0.1, 0.15) is 27.7 Å². The molecule has 12 nitrogen and oxygen atoms in total. The van der Waals surface area contributed by atoms with Gasteiger partial charge in [0.05, 0.1) is 18.3 Å². The van der Waals surface area contributed by atoms with Crippen molar-refractivity contribution in [3.05, 3.63) is 0 Å². The molecule has 2 unspecified atom stereocenters. The summed E-state index contributed by atoms with van der Waals surface area (Å²) in [5.74, 6) is 0. The highest BCUT2D eigenvalue weighted by Crippen LogP contribution is 2.10. The molecule has 0 aromatic rings. The van der Waals surface area contributed by atoms with Crippen molar-refractivity contribution < 1.29 is 39.5 Å². The zero-order chi connectivity index (χ0) is 23.8. The summed E-state index contributed by atoms with van der Waals surface area (Å²) < 4.78 is 5.59. The van der Waals surface area contributed by atoms with Crippen LogP contribution in [0, 0.1) is 0 Å². The monoisotopic (exact) mass is 448 g/mol. The molecule has 1 heterocycles. The molecule has 0 spiro atoms. The molecule has 0 aliphatic carbocycles. The van der Waals surface area contributed by atoms with Crippen LogP contribution in [0.2, 0.25) is 0 Å². The van der Waals surface area contributed by atoms with Gasteiger partial charge in [0.2, 0.25) is 0 Å². The Labute approximate surface area is 182 Å². The van der Waals surface area contributed by atoms with Crippen molar-refractivity contribution in [2.24, 2.45) is 0 Å². The lowest BCUT2D eigenvalue weighted by Gasteiger charge is -2.35. The van der Waals surface area contributed by atoms with Gasteiger partial charge < -0.3 is 39.9 Å². The van der Waals surface area contributed by atoms with E-state index in [1.165, 1.54) is 0 Å². The number of β-amino-alcohol motifs (C(OH)–C–C–N with tert-alkyl or cyclic N) is 1. The fourth-order valence-corrected chi connectivity index (χ4v) is 3.23. The molecule has 12 heteroatoms. The Hall–Kier alpha value is -2.31. The molecule has 3 amide bonds. The molecule has 1 rings (SSSR count). The SMILES string of the molecule is CC1CN(C(=O)O)CCN(C(=O)O)CCN(CC(O)COC(C)(C)C)CCN1C(=O)O. The Morgan fingerprint density at radius 2 is 1.42 bits per heavy atom. The average Bonchev–Trinajstić information content (AvgIpc) is 2.62. The number of ether oxygens (including phenoxy) is 1. The van der Waals surface area contributed by atoms with Gasteiger partial charge in [-0.2, -0.15) is 0 Å². The second kappa shape index (κ2) is 11.9. The maximum absolute atomic E-state index is 11.7. The van der Waals surface area contributed by atoms with Gasteiger partial charge in [-0.3, -0.25) is 4.90 Å². The number of carbonyl (C=O) groups is 3. The first-order valence-electron chi connectivity index (χ1n) is 10.3. The van der Waals surface area contributed by atoms with Gasteiger partial charge in [-0.1, -0.05) is 0 Å². The Morgan fingerprint density at radius 3 is 1.94 bits per heavy atom. The zero-order valence-corrected chi connectivity index (χ0v) is 18.7. The molecule has 31 heavy (non-hydrogen) atoms. The van der Waals surface area contributed by atoms with Crippen molar-refractivity contribution in [3.8, 4) is 0 Å². The second-order valence-corrected chi connectivity index (χ2v) is 8.70. The summed E-state index contributed by atoms with van der Waals surface area (Å²) in [4.78, 5) is 40.0. The van der Waals surface area contributed by atoms with Crippen molar-refractivity contribution in [1.29, 1.82) is 0 Å². The van der Waals surface area contributed by atoms with Gasteiger partial charge in [0, 0.05) is 58.4 Å². The van der Waals surface area contributed by atoms with E-state index in [1.54, 1.807) is 11.8 Å². The number of rotatable bonds is 4. The highest BCUT2D eigenvalue weighted by Gasteiger charge is 2.27. The summed E-state index contributed by atoms with van der Waals surface area (Å²) in [7, 11) is 0. The smallest absolute Gasteiger partial charge is 0.407 e. The van der Waals surface area contributed by atoms with Crippen molar-refractivity contribution >= 4 is 18.3 Å². The van der Waals surface area contributed by atoms with Crippen LogP contribution in [0.5, 0.6) is 0 Å². The number of amides is 3. The van der Waals surface area contributed by atoms with Gasteiger partial charge in [-0.05, 0) is 27.7 Å². The van der Waals surface area contributed by atoms with Crippen LogP contribution in [0.15, 0.2) is 0 Å². The first kappa shape index (κ1) is 26.7. The lowest BCUT2D eigenvalue weighted by molar-refractivity contribution is -0.0569. The summed E-state index contributed by atoms with van der Waals surface area (Å²) in [5.41, 5.74) is -0.422. The molecule has 0 aromatic heterocycles. The molecule has 0 aromatic carbocycles. The third kappa shape index (κ3) is 10.0. The van der Waals surface area contributed by atoms with Crippen LogP contribution in [-0.4, -0.2) is 135 Å². The molecule has 1 saturated heterocycles. The number of aliphatic hydroxyl groups excluding tert-OH is 1. The normalized spacial score (nSPS) is 21.2. The zero-order valence-electron chi connectivity index (χ0n) is 18.7. The summed E-state index contributed by atoms with van der Waals surface area (Å²) in [6.07, 6.45) is -4.40. The molecule has 180 valence electrons. The predicted octanol–water partition coefficient (Wildman–Crippen LogP) is 0.807. The Balaban J connectivity index is 2.96. The molecule has 1 aliphatic rings. The highest BCUT2D eigenvalue weighted by atomic mass is 16.5. The lowest BCUT2D eigenvalue weighted by atomic mass is 10.2. The van der Waals surface area contributed by atoms with Crippen LogP contribution < -0.4 is 0 Å². The van der Waals surface area contributed by atoms with Crippen molar-refractivity contribution in [1.82, 2.24) is 19.6 Å². The number of hydrogen-bond acceptors (Lipinski definition) is 6. The van der Waals surface area contributed by atoms with E-state index in [9.17, 15) is 34.8 Å².